The largest absolute Gasteiger partial charge is 0.469 e. The number of carbonyl (C=O) groups excluding carboxylic acids is 1. The highest BCUT2D eigenvalue weighted by Gasteiger charge is 2.54. The lowest BCUT2D eigenvalue weighted by Gasteiger charge is -2.32. The predicted molar refractivity (Wildman–Crippen MR) is 104 cm³/mol. The molecule has 0 radical (unpaired) electrons. The Kier molecular flexibility index (Phi) is 5.19. The summed E-state index contributed by atoms with van der Waals surface area (Å²) in [5, 5.41) is 4.63. The summed E-state index contributed by atoms with van der Waals surface area (Å²) in [7, 11) is 0.838. The number of aromatic nitrogens is 2. The van der Waals surface area contributed by atoms with Crippen LogP contribution in [0.15, 0.2) is 36.5 Å². The number of carbonyl (C=O) groups is 1. The van der Waals surface area contributed by atoms with E-state index >= 15 is 0 Å². The van der Waals surface area contributed by atoms with Gasteiger partial charge in [-0.15, -0.1) is 0 Å². The fourth-order valence-electron chi connectivity index (χ4n) is 3.22. The molecule has 1 aliphatic heterocycles. The summed E-state index contributed by atoms with van der Waals surface area (Å²) in [6.07, 6.45) is 2.11. The molecule has 1 aromatic carbocycles. The lowest BCUT2D eigenvalue weighted by atomic mass is 9.66. The van der Waals surface area contributed by atoms with Crippen LogP contribution in [0.25, 0.3) is 5.69 Å². The Morgan fingerprint density at radius 2 is 1.78 bits per heavy atom. The number of hydrogen-bond acceptors (Lipinski definition) is 5. The first kappa shape index (κ1) is 19.6. The number of esters is 1. The number of ether oxygens (including phenoxy) is 1. The lowest BCUT2D eigenvalue weighted by molar-refractivity contribution is -0.140. The molecule has 1 aliphatic rings. The molecule has 2 aromatic rings. The van der Waals surface area contributed by atoms with Gasteiger partial charge in [-0.1, -0.05) is 18.2 Å². The summed E-state index contributed by atoms with van der Waals surface area (Å²) in [6, 6.07) is 9.87. The molecule has 1 aromatic heterocycles. The van der Waals surface area contributed by atoms with Crippen LogP contribution in [0.3, 0.4) is 0 Å². The number of methoxy groups -OCH3 is 1. The molecule has 0 amide bonds. The van der Waals surface area contributed by atoms with Crippen molar-refractivity contribution in [2.75, 3.05) is 7.11 Å². The molecule has 0 N–H and O–H groups in total. The van der Waals surface area contributed by atoms with Crippen LogP contribution >= 0.6 is 0 Å². The molecule has 1 atom stereocenters. The Hall–Kier alpha value is -2.12. The minimum atomic E-state index is -0.554. The zero-order chi connectivity index (χ0) is 19.8. The highest BCUT2D eigenvalue weighted by atomic mass is 16.7. The van der Waals surface area contributed by atoms with E-state index in [2.05, 4.69) is 5.10 Å². The van der Waals surface area contributed by atoms with Gasteiger partial charge in [-0.05, 0) is 52.3 Å². The van der Waals surface area contributed by atoms with Gasteiger partial charge in [0.25, 0.3) is 0 Å². The second-order valence-electron chi connectivity index (χ2n) is 7.96. The van der Waals surface area contributed by atoms with E-state index in [4.69, 9.17) is 14.0 Å². The molecule has 2 heterocycles. The van der Waals surface area contributed by atoms with Gasteiger partial charge in [0.05, 0.1) is 36.1 Å². The van der Waals surface area contributed by atoms with E-state index in [0.29, 0.717) is 0 Å². The molecule has 1 fully saturated rings. The van der Waals surface area contributed by atoms with Crippen molar-refractivity contribution in [3.63, 3.8) is 0 Å². The van der Waals surface area contributed by atoms with Crippen molar-refractivity contribution >= 4 is 13.1 Å². The van der Waals surface area contributed by atoms with Crippen LogP contribution in [-0.4, -0.2) is 41.2 Å². The molecule has 144 valence electrons. The van der Waals surface area contributed by atoms with Crippen molar-refractivity contribution in [3.05, 3.63) is 47.8 Å². The van der Waals surface area contributed by atoms with Crippen LogP contribution in [0.5, 0.6) is 0 Å². The zero-order valence-electron chi connectivity index (χ0n) is 16.9. The fraction of sp³-hybridized carbons (Fsp3) is 0.500. The number of rotatable bonds is 5. The van der Waals surface area contributed by atoms with Crippen LogP contribution in [0.1, 0.15) is 51.2 Å². The summed E-state index contributed by atoms with van der Waals surface area (Å²) in [5.41, 5.74) is 1.76. The summed E-state index contributed by atoms with van der Waals surface area (Å²) in [4.78, 5) is 12.1. The number of nitrogens with zero attached hydrogens (tertiary/aromatic N) is 2. The van der Waals surface area contributed by atoms with Gasteiger partial charge in [0.1, 0.15) is 0 Å². The topological polar surface area (TPSA) is 62.6 Å². The zero-order valence-corrected chi connectivity index (χ0v) is 16.9. The average molecular weight is 370 g/mol. The van der Waals surface area contributed by atoms with Crippen LogP contribution in [0.4, 0.5) is 0 Å². The molecule has 7 heteroatoms. The molecule has 3 rings (SSSR count). The second-order valence-corrected chi connectivity index (χ2v) is 7.96. The van der Waals surface area contributed by atoms with Crippen molar-refractivity contribution in [3.8, 4) is 5.69 Å². The molecule has 6 nitrogen and oxygen atoms in total. The van der Waals surface area contributed by atoms with Crippen molar-refractivity contribution in [1.29, 1.82) is 0 Å². The van der Waals surface area contributed by atoms with Gasteiger partial charge in [0, 0.05) is 12.0 Å². The maximum Gasteiger partial charge on any atom is 0.466 e. The third kappa shape index (κ3) is 3.80. The maximum absolute atomic E-state index is 12.1. The quantitative estimate of drug-likeness (QED) is 0.596. The van der Waals surface area contributed by atoms with Crippen molar-refractivity contribution < 1.29 is 18.8 Å². The Labute approximate surface area is 160 Å². The highest BCUT2D eigenvalue weighted by molar-refractivity contribution is 6.48. The van der Waals surface area contributed by atoms with Crippen molar-refractivity contribution in [2.45, 2.75) is 58.1 Å². The summed E-state index contributed by atoms with van der Waals surface area (Å²) >= 11 is 0. The molecular formula is C20H27BN2O4. The fourth-order valence-corrected chi connectivity index (χ4v) is 3.22. The number of hydrogen-bond donors (Lipinski definition) is 0. The minimum Gasteiger partial charge on any atom is -0.469 e. The molecular weight excluding hydrogens is 343 g/mol. The molecule has 0 saturated carbocycles. The smallest absolute Gasteiger partial charge is 0.466 e. The second kappa shape index (κ2) is 7.13. The van der Waals surface area contributed by atoms with E-state index in [-0.39, 0.29) is 18.2 Å². The SMILES string of the molecule is COC(=O)CC(B1OC(C)(C)C(C)(C)O1)c1cn(-c2ccccc2)nc1C. The predicted octanol–water partition coefficient (Wildman–Crippen LogP) is 3.46. The normalized spacial score (nSPS) is 19.1. The van der Waals surface area contributed by atoms with E-state index in [9.17, 15) is 4.79 Å². The molecule has 0 spiro atoms. The molecule has 1 saturated heterocycles. The van der Waals surface area contributed by atoms with E-state index in [0.717, 1.165) is 16.9 Å². The first-order valence-electron chi connectivity index (χ1n) is 9.18. The van der Waals surface area contributed by atoms with Gasteiger partial charge in [0.15, 0.2) is 0 Å². The van der Waals surface area contributed by atoms with Gasteiger partial charge in [-0.2, -0.15) is 5.10 Å². The van der Waals surface area contributed by atoms with Crippen LogP contribution in [-0.2, 0) is 18.8 Å². The summed E-state index contributed by atoms with van der Waals surface area (Å²) < 4.78 is 19.2. The first-order valence-corrected chi connectivity index (χ1v) is 9.18. The van der Waals surface area contributed by atoms with Gasteiger partial charge < -0.3 is 14.0 Å². The monoisotopic (exact) mass is 370 g/mol. The molecule has 0 aliphatic carbocycles. The van der Waals surface area contributed by atoms with Gasteiger partial charge in [0.2, 0.25) is 0 Å². The van der Waals surface area contributed by atoms with E-state index in [1.54, 1.807) is 0 Å². The average Bonchev–Trinajstić information content (AvgIpc) is 3.10. The third-order valence-corrected chi connectivity index (χ3v) is 5.57. The highest BCUT2D eigenvalue weighted by Crippen LogP contribution is 2.42. The third-order valence-electron chi connectivity index (χ3n) is 5.57. The van der Waals surface area contributed by atoms with E-state index in [1.807, 2.05) is 75.8 Å². The summed E-state index contributed by atoms with van der Waals surface area (Å²) in [6.45, 7) is 9.94. The van der Waals surface area contributed by atoms with Crippen molar-refractivity contribution in [1.82, 2.24) is 9.78 Å². The minimum absolute atomic E-state index is 0.161. The number of benzene rings is 1. The van der Waals surface area contributed by atoms with Gasteiger partial charge in [-0.25, -0.2) is 4.68 Å². The Balaban J connectivity index is 1.97. The first-order chi connectivity index (χ1) is 12.6. The number of para-hydroxylation sites is 1. The summed E-state index contributed by atoms with van der Waals surface area (Å²) in [5.74, 6) is -0.613. The maximum atomic E-state index is 12.1. The van der Waals surface area contributed by atoms with E-state index in [1.165, 1.54) is 7.11 Å². The van der Waals surface area contributed by atoms with Crippen LogP contribution in [0.2, 0.25) is 0 Å². The van der Waals surface area contributed by atoms with E-state index < -0.39 is 18.3 Å². The standard InChI is InChI=1S/C20H27BN2O4/c1-14-16(13-23(22-14)15-10-8-7-9-11-15)17(12-18(24)25-6)21-26-19(2,3)20(4,5)27-21/h7-11,13,17H,12H2,1-6H3. The van der Waals surface area contributed by atoms with Gasteiger partial charge >= 0.3 is 13.1 Å². The van der Waals surface area contributed by atoms with Crippen LogP contribution < -0.4 is 0 Å². The Bertz CT molecular complexity index is 801. The Morgan fingerprint density at radius 3 is 2.33 bits per heavy atom. The van der Waals surface area contributed by atoms with Gasteiger partial charge in [-0.3, -0.25) is 4.79 Å². The number of aryl methyl sites for hydroxylation is 1. The Morgan fingerprint density at radius 1 is 1.19 bits per heavy atom. The molecule has 1 unspecified atom stereocenters. The molecule has 27 heavy (non-hydrogen) atoms. The lowest BCUT2D eigenvalue weighted by Crippen LogP contribution is -2.41. The van der Waals surface area contributed by atoms with Crippen molar-refractivity contribution in [2.24, 2.45) is 0 Å². The van der Waals surface area contributed by atoms with Crippen LogP contribution in [0, 0.1) is 6.92 Å². The molecule has 0 bridgehead atoms.